The van der Waals surface area contributed by atoms with Gasteiger partial charge in [-0.25, -0.2) is 4.57 Å². The zero-order valence-corrected chi connectivity index (χ0v) is 14.0. The van der Waals surface area contributed by atoms with E-state index in [-0.39, 0.29) is 35.3 Å². The molecule has 0 aromatic heterocycles. The second-order valence-corrected chi connectivity index (χ2v) is 6.86. The fraction of sp³-hybridized carbons (Fsp3) is 0.312. The van der Waals surface area contributed by atoms with E-state index in [1.54, 1.807) is 24.3 Å². The molecule has 0 fully saturated rings. The van der Waals surface area contributed by atoms with Crippen LogP contribution in [-0.4, -0.2) is 30.8 Å². The van der Waals surface area contributed by atoms with Crippen LogP contribution in [0, 0.1) is 0 Å². The van der Waals surface area contributed by atoms with Gasteiger partial charge >= 0.3 is 7.75 Å². The summed E-state index contributed by atoms with van der Waals surface area (Å²) in [6.07, 6.45) is 2.03. The molecular weight excluding hydrogens is 333 g/mol. The van der Waals surface area contributed by atoms with E-state index in [1.165, 1.54) is 0 Å². The van der Waals surface area contributed by atoms with Crippen LogP contribution >= 0.6 is 7.75 Å². The highest BCUT2D eigenvalue weighted by atomic mass is 31.2. The van der Waals surface area contributed by atoms with Gasteiger partial charge in [0.2, 0.25) is 0 Å². The van der Waals surface area contributed by atoms with Gasteiger partial charge in [-0.15, -0.1) is 0 Å². The third kappa shape index (κ3) is 4.71. The number of allylic oxidation sites excluding steroid dienone is 3. The number of benzene rings is 1. The molecule has 5 N–H and O–H groups in total. The maximum absolute atomic E-state index is 11.2. The number of aliphatic hydroxyl groups is 2. The Labute approximate surface area is 139 Å². The highest BCUT2D eigenvalue weighted by molar-refractivity contribution is 7.50. The van der Waals surface area contributed by atoms with Crippen molar-refractivity contribution in [3.63, 3.8) is 0 Å². The Balaban J connectivity index is 2.38. The molecule has 0 spiro atoms. The lowest BCUT2D eigenvalue weighted by molar-refractivity contribution is 0.372. The Hall–Kier alpha value is -2.08. The number of rotatable bonds is 5. The maximum Gasteiger partial charge on any atom is 0.448 e. The van der Waals surface area contributed by atoms with Crippen molar-refractivity contribution in [2.75, 3.05) is 0 Å². The number of phenols is 1. The van der Waals surface area contributed by atoms with Gasteiger partial charge in [-0.05, 0) is 36.5 Å². The van der Waals surface area contributed by atoms with Crippen LogP contribution in [0.3, 0.4) is 0 Å². The van der Waals surface area contributed by atoms with Crippen LogP contribution < -0.4 is 0 Å². The lowest BCUT2D eigenvalue weighted by atomic mass is 9.85. The second kappa shape index (κ2) is 7.21. The van der Waals surface area contributed by atoms with Crippen molar-refractivity contribution >= 4 is 13.5 Å². The van der Waals surface area contributed by atoms with Crippen LogP contribution in [0.15, 0.2) is 52.2 Å². The van der Waals surface area contributed by atoms with E-state index in [9.17, 15) is 19.9 Å². The predicted molar refractivity (Wildman–Crippen MR) is 90.2 cm³/mol. The van der Waals surface area contributed by atoms with Gasteiger partial charge in [0.05, 0.1) is 5.71 Å². The van der Waals surface area contributed by atoms with E-state index < -0.39 is 7.75 Å². The van der Waals surface area contributed by atoms with Gasteiger partial charge in [0.25, 0.3) is 0 Å². The molecule has 0 amide bonds. The Morgan fingerprint density at radius 3 is 2.33 bits per heavy atom. The molecule has 130 valence electrons. The fourth-order valence-corrected chi connectivity index (χ4v) is 3.19. The average molecular weight is 353 g/mol. The lowest BCUT2D eigenvalue weighted by Gasteiger charge is -2.22. The van der Waals surface area contributed by atoms with E-state index in [1.807, 2.05) is 6.92 Å². The number of hydrogen-bond donors (Lipinski definition) is 5. The number of phenolic OH excluding ortho intramolecular Hbond substituents is 1. The van der Waals surface area contributed by atoms with Crippen LogP contribution in [0.5, 0.6) is 5.75 Å². The Morgan fingerprint density at radius 2 is 1.79 bits per heavy atom. The molecule has 0 heterocycles. The van der Waals surface area contributed by atoms with Crippen molar-refractivity contribution in [3.05, 3.63) is 53.0 Å². The topological polar surface area (TPSA) is 131 Å². The monoisotopic (exact) mass is 353 g/mol. The van der Waals surface area contributed by atoms with E-state index in [0.29, 0.717) is 18.4 Å². The standard InChI is InChI=1S/C16H20NO6P/c1-2-10(11-3-5-12(18)6-4-11)7-14-15(17-24(21,22)23)8-13(19)9-16(14)20/h3-6,9-10,18-20H,2,7-8H2,1H3,(H2,21,22,23). The van der Waals surface area contributed by atoms with Gasteiger partial charge in [0.1, 0.15) is 17.3 Å². The summed E-state index contributed by atoms with van der Waals surface area (Å²) < 4.78 is 14.6. The Morgan fingerprint density at radius 1 is 1.17 bits per heavy atom. The van der Waals surface area contributed by atoms with Crippen LogP contribution in [0.4, 0.5) is 0 Å². The largest absolute Gasteiger partial charge is 0.512 e. The smallest absolute Gasteiger partial charge is 0.448 e. The number of nitrogens with zero attached hydrogens (tertiary/aromatic N) is 1. The van der Waals surface area contributed by atoms with Gasteiger partial charge in [0.15, 0.2) is 0 Å². The molecule has 1 aliphatic rings. The van der Waals surface area contributed by atoms with Crippen molar-refractivity contribution in [1.82, 2.24) is 0 Å². The molecular formula is C16H20NO6P. The van der Waals surface area contributed by atoms with Crippen molar-refractivity contribution in [2.45, 2.75) is 32.1 Å². The van der Waals surface area contributed by atoms with E-state index >= 15 is 0 Å². The summed E-state index contributed by atoms with van der Waals surface area (Å²) in [5, 5.41) is 29.1. The molecule has 24 heavy (non-hydrogen) atoms. The summed E-state index contributed by atoms with van der Waals surface area (Å²) in [5.74, 6) is -0.354. The predicted octanol–water partition coefficient (Wildman–Crippen LogP) is 3.47. The zero-order valence-electron chi connectivity index (χ0n) is 13.1. The summed E-state index contributed by atoms with van der Waals surface area (Å²) in [7, 11) is -4.68. The lowest BCUT2D eigenvalue weighted by Crippen LogP contribution is -2.15. The Bertz CT molecular complexity index is 744. The third-order valence-corrected chi connectivity index (χ3v) is 4.37. The molecule has 0 radical (unpaired) electrons. The third-order valence-electron chi connectivity index (χ3n) is 3.87. The van der Waals surface area contributed by atoms with Crippen molar-refractivity contribution in [3.8, 4) is 5.75 Å². The van der Waals surface area contributed by atoms with Gasteiger partial charge in [-0.3, -0.25) is 0 Å². The van der Waals surface area contributed by atoms with Gasteiger partial charge < -0.3 is 25.1 Å². The molecule has 7 nitrogen and oxygen atoms in total. The molecule has 2 rings (SSSR count). The van der Waals surface area contributed by atoms with Gasteiger partial charge in [-0.1, -0.05) is 19.1 Å². The summed E-state index contributed by atoms with van der Waals surface area (Å²) in [5.41, 5.74) is 1.21. The molecule has 0 saturated carbocycles. The first-order valence-electron chi connectivity index (χ1n) is 7.45. The maximum atomic E-state index is 11.2. The van der Waals surface area contributed by atoms with Crippen molar-refractivity contribution in [2.24, 2.45) is 4.76 Å². The SMILES string of the molecule is CCC(CC1=C(O)C=C(O)CC1=NP(=O)(O)O)c1ccc(O)cc1. The molecule has 0 bridgehead atoms. The second-order valence-electron chi connectivity index (χ2n) is 5.64. The molecule has 1 aliphatic carbocycles. The van der Waals surface area contributed by atoms with Crippen LogP contribution in [0.1, 0.15) is 37.7 Å². The molecule has 8 heteroatoms. The van der Waals surface area contributed by atoms with E-state index in [4.69, 9.17) is 9.79 Å². The number of aromatic hydroxyl groups is 1. The van der Waals surface area contributed by atoms with Crippen molar-refractivity contribution < 1.29 is 29.7 Å². The van der Waals surface area contributed by atoms with Crippen LogP contribution in [0.2, 0.25) is 0 Å². The summed E-state index contributed by atoms with van der Waals surface area (Å²) >= 11 is 0. The molecule has 1 atom stereocenters. The quantitative estimate of drug-likeness (QED) is 0.515. The average Bonchev–Trinajstić information content (AvgIpc) is 2.46. The van der Waals surface area contributed by atoms with E-state index in [0.717, 1.165) is 11.6 Å². The molecule has 0 saturated heterocycles. The highest BCUT2D eigenvalue weighted by Gasteiger charge is 2.25. The van der Waals surface area contributed by atoms with E-state index in [2.05, 4.69) is 4.76 Å². The molecule has 1 unspecified atom stereocenters. The summed E-state index contributed by atoms with van der Waals surface area (Å²) in [6.45, 7) is 1.95. The molecule has 1 aromatic rings. The van der Waals surface area contributed by atoms with Crippen molar-refractivity contribution in [1.29, 1.82) is 0 Å². The first-order valence-corrected chi connectivity index (χ1v) is 9.01. The first kappa shape index (κ1) is 18.3. The first-order chi connectivity index (χ1) is 11.2. The minimum Gasteiger partial charge on any atom is -0.512 e. The minimum absolute atomic E-state index is 0.0157. The summed E-state index contributed by atoms with van der Waals surface area (Å²) in [4.78, 5) is 18.2. The number of hydrogen-bond acceptors (Lipinski definition) is 4. The zero-order chi connectivity index (χ0) is 17.9. The minimum atomic E-state index is -4.68. The van der Waals surface area contributed by atoms with Crippen LogP contribution in [0.25, 0.3) is 0 Å². The fourth-order valence-electron chi connectivity index (χ4n) is 2.69. The Kier molecular flexibility index (Phi) is 5.49. The number of aliphatic hydroxyl groups excluding tert-OH is 2. The summed E-state index contributed by atoms with van der Waals surface area (Å²) in [6, 6.07) is 6.64. The normalized spacial score (nSPS) is 18.6. The highest BCUT2D eigenvalue weighted by Crippen LogP contribution is 2.40. The van der Waals surface area contributed by atoms with Crippen LogP contribution in [-0.2, 0) is 4.57 Å². The van der Waals surface area contributed by atoms with Gasteiger partial charge in [-0.2, -0.15) is 4.76 Å². The molecule has 0 aliphatic heterocycles. The van der Waals surface area contributed by atoms with Gasteiger partial charge in [0, 0.05) is 18.1 Å². The molecule has 1 aromatic carbocycles.